The zero-order valence-corrected chi connectivity index (χ0v) is 17.7. The second kappa shape index (κ2) is 9.46. The van der Waals surface area contributed by atoms with Gasteiger partial charge in [0.15, 0.2) is 0 Å². The normalized spacial score (nSPS) is 14.4. The summed E-state index contributed by atoms with van der Waals surface area (Å²) in [6.45, 7) is 1.94. The molecule has 0 amide bonds. The van der Waals surface area contributed by atoms with Crippen LogP contribution in [0.3, 0.4) is 0 Å². The second-order valence-electron chi connectivity index (χ2n) is 7.76. The first kappa shape index (κ1) is 21.9. The van der Waals surface area contributed by atoms with Gasteiger partial charge in [-0.3, -0.25) is 0 Å². The van der Waals surface area contributed by atoms with Crippen LogP contribution in [0.2, 0.25) is 0 Å². The smallest absolute Gasteiger partial charge is 0.421 e. The van der Waals surface area contributed by atoms with Crippen molar-refractivity contribution in [2.75, 3.05) is 10.6 Å². The summed E-state index contributed by atoms with van der Waals surface area (Å²) >= 11 is 0. The number of hydrogen-bond donors (Lipinski definition) is 2. The van der Waals surface area contributed by atoms with Crippen molar-refractivity contribution in [3.05, 3.63) is 65.9 Å². The quantitative estimate of drug-likeness (QED) is 0.418. The maximum absolute atomic E-state index is 13.5. The van der Waals surface area contributed by atoms with E-state index in [4.69, 9.17) is 4.74 Å². The van der Waals surface area contributed by atoms with E-state index in [0.29, 0.717) is 17.8 Å². The lowest BCUT2D eigenvalue weighted by molar-refractivity contribution is -0.137. The Hall–Kier alpha value is -3.29. The molecule has 5 nitrogen and oxygen atoms in total. The zero-order valence-electron chi connectivity index (χ0n) is 17.7. The van der Waals surface area contributed by atoms with Crippen molar-refractivity contribution < 1.29 is 17.9 Å². The molecule has 0 unspecified atom stereocenters. The third kappa shape index (κ3) is 5.30. The summed E-state index contributed by atoms with van der Waals surface area (Å²) < 4.78 is 46.6. The van der Waals surface area contributed by atoms with Crippen LogP contribution in [0, 0.1) is 0 Å². The lowest BCUT2D eigenvalue weighted by Gasteiger charge is -2.17. The Balaban J connectivity index is 1.54. The standard InChI is InChI=1S/C24H25F3N4O/c1-2-16-7-3-6-10-21(16)30-22-20(24(25,26)27)15-28-23(31-22)29-17-11-13-19(14-12-17)32-18-8-4-5-9-18/h3,6-7,10-15,18H,2,4-5,8-9H2,1H3,(H2,28,29,30,31). The number of aryl methyl sites for hydroxylation is 1. The van der Waals surface area contributed by atoms with Crippen LogP contribution in [-0.4, -0.2) is 16.1 Å². The van der Waals surface area contributed by atoms with E-state index in [0.717, 1.165) is 30.4 Å². The van der Waals surface area contributed by atoms with Gasteiger partial charge >= 0.3 is 6.18 Å². The van der Waals surface area contributed by atoms with Gasteiger partial charge in [0.2, 0.25) is 5.95 Å². The third-order valence-corrected chi connectivity index (χ3v) is 5.46. The van der Waals surface area contributed by atoms with Gasteiger partial charge in [0.05, 0.1) is 6.10 Å². The molecule has 32 heavy (non-hydrogen) atoms. The molecule has 0 saturated heterocycles. The molecular formula is C24H25F3N4O. The number of alkyl halides is 3. The van der Waals surface area contributed by atoms with Gasteiger partial charge in [-0.15, -0.1) is 0 Å². The van der Waals surface area contributed by atoms with Crippen LogP contribution in [0.15, 0.2) is 54.7 Å². The topological polar surface area (TPSA) is 59.1 Å². The summed E-state index contributed by atoms with van der Waals surface area (Å²) in [7, 11) is 0. The molecule has 1 aliphatic carbocycles. The van der Waals surface area contributed by atoms with Gasteiger partial charge in [-0.2, -0.15) is 18.2 Å². The zero-order chi connectivity index (χ0) is 22.6. The summed E-state index contributed by atoms with van der Waals surface area (Å²) in [4.78, 5) is 8.00. The van der Waals surface area contributed by atoms with Crippen LogP contribution in [0.4, 0.5) is 36.3 Å². The van der Waals surface area contributed by atoms with E-state index in [-0.39, 0.29) is 17.9 Å². The van der Waals surface area contributed by atoms with Crippen molar-refractivity contribution in [3.8, 4) is 5.75 Å². The van der Waals surface area contributed by atoms with Gasteiger partial charge in [0.25, 0.3) is 0 Å². The molecule has 1 fully saturated rings. The maximum Gasteiger partial charge on any atom is 0.421 e. The predicted octanol–water partition coefficient (Wildman–Crippen LogP) is 6.87. The van der Waals surface area contributed by atoms with Crippen LogP contribution in [-0.2, 0) is 12.6 Å². The van der Waals surface area contributed by atoms with E-state index in [2.05, 4.69) is 20.6 Å². The highest BCUT2D eigenvalue weighted by atomic mass is 19.4. The molecule has 1 aliphatic rings. The molecule has 1 aromatic heterocycles. The van der Waals surface area contributed by atoms with Crippen molar-refractivity contribution in [2.45, 2.75) is 51.3 Å². The highest BCUT2D eigenvalue weighted by Crippen LogP contribution is 2.36. The van der Waals surface area contributed by atoms with Crippen LogP contribution in [0.1, 0.15) is 43.7 Å². The van der Waals surface area contributed by atoms with Crippen molar-refractivity contribution in [3.63, 3.8) is 0 Å². The first-order valence-electron chi connectivity index (χ1n) is 10.8. The molecule has 0 radical (unpaired) electrons. The van der Waals surface area contributed by atoms with E-state index >= 15 is 0 Å². The number of rotatable bonds is 7. The molecule has 2 N–H and O–H groups in total. The Morgan fingerprint density at radius 2 is 1.72 bits per heavy atom. The number of aromatic nitrogens is 2. The minimum atomic E-state index is -4.58. The Bertz CT molecular complexity index is 1050. The first-order chi connectivity index (χ1) is 15.4. The molecule has 0 bridgehead atoms. The Morgan fingerprint density at radius 1 is 1.00 bits per heavy atom. The molecule has 2 aromatic carbocycles. The molecule has 1 heterocycles. The number of para-hydroxylation sites is 1. The Labute approximate surface area is 185 Å². The molecule has 0 spiro atoms. The minimum absolute atomic E-state index is 0.0685. The van der Waals surface area contributed by atoms with Crippen LogP contribution >= 0.6 is 0 Å². The maximum atomic E-state index is 13.5. The van der Waals surface area contributed by atoms with E-state index in [1.807, 2.05) is 31.2 Å². The number of nitrogens with one attached hydrogen (secondary N) is 2. The summed E-state index contributed by atoms with van der Waals surface area (Å²) in [5, 5.41) is 5.82. The highest BCUT2D eigenvalue weighted by molar-refractivity contribution is 5.65. The van der Waals surface area contributed by atoms with Crippen molar-refractivity contribution in [1.82, 2.24) is 9.97 Å². The molecule has 168 valence electrons. The average Bonchev–Trinajstić information content (AvgIpc) is 3.28. The lowest BCUT2D eigenvalue weighted by atomic mass is 10.1. The number of hydrogen-bond acceptors (Lipinski definition) is 5. The van der Waals surface area contributed by atoms with E-state index in [1.165, 1.54) is 12.8 Å². The Morgan fingerprint density at radius 3 is 2.41 bits per heavy atom. The minimum Gasteiger partial charge on any atom is -0.490 e. The van der Waals surface area contributed by atoms with Gasteiger partial charge in [0, 0.05) is 17.6 Å². The lowest BCUT2D eigenvalue weighted by Crippen LogP contribution is -2.13. The predicted molar refractivity (Wildman–Crippen MR) is 119 cm³/mol. The van der Waals surface area contributed by atoms with Gasteiger partial charge in [-0.25, -0.2) is 4.98 Å². The first-order valence-corrected chi connectivity index (χ1v) is 10.8. The van der Waals surface area contributed by atoms with Gasteiger partial charge in [-0.1, -0.05) is 25.1 Å². The van der Waals surface area contributed by atoms with Crippen LogP contribution in [0.25, 0.3) is 0 Å². The fraction of sp³-hybridized carbons (Fsp3) is 0.333. The summed E-state index contributed by atoms with van der Waals surface area (Å²) in [6.07, 6.45) is 1.66. The van der Waals surface area contributed by atoms with E-state index in [1.54, 1.807) is 24.3 Å². The molecule has 8 heteroatoms. The van der Waals surface area contributed by atoms with Crippen molar-refractivity contribution in [1.29, 1.82) is 0 Å². The molecule has 3 aromatic rings. The second-order valence-corrected chi connectivity index (χ2v) is 7.76. The fourth-order valence-electron chi connectivity index (χ4n) is 3.77. The monoisotopic (exact) mass is 442 g/mol. The number of ether oxygens (including phenoxy) is 1. The molecular weight excluding hydrogens is 417 g/mol. The SMILES string of the molecule is CCc1ccccc1Nc1nc(Nc2ccc(OC3CCCC3)cc2)ncc1C(F)(F)F. The number of anilines is 4. The van der Waals surface area contributed by atoms with Gasteiger partial charge < -0.3 is 15.4 Å². The van der Waals surface area contributed by atoms with Gasteiger partial charge in [0.1, 0.15) is 17.1 Å². The number of benzene rings is 2. The third-order valence-electron chi connectivity index (χ3n) is 5.46. The number of nitrogens with zero attached hydrogens (tertiary/aromatic N) is 2. The number of halogens is 3. The fourth-order valence-corrected chi connectivity index (χ4v) is 3.77. The molecule has 0 atom stereocenters. The highest BCUT2D eigenvalue weighted by Gasteiger charge is 2.35. The molecule has 1 saturated carbocycles. The van der Waals surface area contributed by atoms with Crippen molar-refractivity contribution in [2.24, 2.45) is 0 Å². The average molecular weight is 442 g/mol. The summed E-state index contributed by atoms with van der Waals surface area (Å²) in [5.41, 5.74) is 1.21. The van der Waals surface area contributed by atoms with Gasteiger partial charge in [-0.05, 0) is 68.0 Å². The summed E-state index contributed by atoms with van der Waals surface area (Å²) in [6, 6.07) is 14.5. The van der Waals surface area contributed by atoms with Crippen molar-refractivity contribution >= 4 is 23.1 Å². The largest absolute Gasteiger partial charge is 0.490 e. The van der Waals surface area contributed by atoms with Crippen LogP contribution < -0.4 is 15.4 Å². The van der Waals surface area contributed by atoms with E-state index < -0.39 is 11.7 Å². The van der Waals surface area contributed by atoms with Crippen LogP contribution in [0.5, 0.6) is 5.75 Å². The summed E-state index contributed by atoms with van der Waals surface area (Å²) in [5.74, 6) is 0.547. The molecule has 0 aliphatic heterocycles. The van der Waals surface area contributed by atoms with E-state index in [9.17, 15) is 13.2 Å². The molecule has 4 rings (SSSR count). The Kier molecular flexibility index (Phi) is 6.48.